The fraction of sp³-hybridized carbons (Fsp3) is 0.0217. The Morgan fingerprint density at radius 3 is 2.10 bits per heavy atom. The van der Waals surface area contributed by atoms with Gasteiger partial charge in [-0.2, -0.15) is 0 Å². The van der Waals surface area contributed by atoms with E-state index in [-0.39, 0.29) is 6.17 Å². The van der Waals surface area contributed by atoms with Gasteiger partial charge in [-0.25, -0.2) is 15.0 Å². The lowest BCUT2D eigenvalue weighted by Crippen LogP contribution is -2.33. The Morgan fingerprint density at radius 2 is 1.24 bits per heavy atom. The summed E-state index contributed by atoms with van der Waals surface area (Å²) in [4.78, 5) is 14.6. The molecule has 0 saturated carbocycles. The molecule has 0 spiro atoms. The highest BCUT2D eigenvalue weighted by Gasteiger charge is 2.22. The van der Waals surface area contributed by atoms with Crippen LogP contribution < -0.4 is 5.32 Å². The highest BCUT2D eigenvalue weighted by molar-refractivity contribution is 6.16. The zero-order valence-corrected chi connectivity index (χ0v) is 27.5. The van der Waals surface area contributed by atoms with Gasteiger partial charge in [-0.15, -0.1) is 0 Å². The second kappa shape index (κ2) is 11.9. The van der Waals surface area contributed by atoms with Crippen molar-refractivity contribution >= 4 is 55.3 Å². The number of aliphatic imine (C=N–C) groups is 2. The van der Waals surface area contributed by atoms with Crippen molar-refractivity contribution in [1.82, 2.24) is 10.3 Å². The maximum absolute atomic E-state index is 6.13. The van der Waals surface area contributed by atoms with E-state index < -0.39 is 0 Å². The zero-order chi connectivity index (χ0) is 33.7. The van der Waals surface area contributed by atoms with Crippen molar-refractivity contribution < 1.29 is 4.42 Å². The van der Waals surface area contributed by atoms with Gasteiger partial charge in [0, 0.05) is 28.1 Å². The molecule has 9 aromatic rings. The van der Waals surface area contributed by atoms with Crippen LogP contribution in [0.3, 0.4) is 0 Å². The number of hydrogen-bond donors (Lipinski definition) is 1. The second-order valence-corrected chi connectivity index (χ2v) is 12.9. The molecule has 1 atom stereocenters. The molecule has 2 aromatic heterocycles. The first kappa shape index (κ1) is 29.1. The molecule has 1 unspecified atom stereocenters. The molecule has 0 bridgehead atoms. The number of hydrogen-bond acceptors (Lipinski definition) is 5. The van der Waals surface area contributed by atoms with Crippen LogP contribution >= 0.6 is 0 Å². The monoisotopic (exact) mass is 654 g/mol. The van der Waals surface area contributed by atoms with E-state index in [1.54, 1.807) is 6.20 Å². The lowest BCUT2D eigenvalue weighted by molar-refractivity contribution is 0.654. The molecule has 0 aliphatic carbocycles. The van der Waals surface area contributed by atoms with E-state index in [9.17, 15) is 0 Å². The quantitative estimate of drug-likeness (QED) is 0.201. The maximum atomic E-state index is 6.13. The first-order chi connectivity index (χ1) is 25.3. The Balaban J connectivity index is 1.03. The van der Waals surface area contributed by atoms with Crippen LogP contribution in [0.15, 0.2) is 184 Å². The van der Waals surface area contributed by atoms with Crippen LogP contribution in [-0.2, 0) is 0 Å². The van der Waals surface area contributed by atoms with Gasteiger partial charge in [-0.05, 0) is 73.6 Å². The third kappa shape index (κ3) is 5.06. The number of benzene rings is 7. The molecule has 0 fully saturated rings. The van der Waals surface area contributed by atoms with Gasteiger partial charge in [-0.1, -0.05) is 140 Å². The molecule has 1 N–H and O–H groups in total. The highest BCUT2D eigenvalue weighted by Crippen LogP contribution is 2.41. The number of nitrogens with one attached hydrogen (secondary N) is 1. The predicted molar refractivity (Wildman–Crippen MR) is 209 cm³/mol. The molecule has 7 aromatic carbocycles. The van der Waals surface area contributed by atoms with E-state index in [0.29, 0.717) is 11.5 Å². The van der Waals surface area contributed by atoms with E-state index in [1.165, 1.54) is 27.1 Å². The summed E-state index contributed by atoms with van der Waals surface area (Å²) < 4.78 is 6.13. The molecule has 5 nitrogen and oxygen atoms in total. The SMILES string of the molecule is c1ccc(C2=NC(c3ccc4ccccc4c3)NC(c3ccc(-c4ccc(-c5cccc6oc7ncccc7c56)c5ccccc45)cc3)=N2)cc1. The first-order valence-corrected chi connectivity index (χ1v) is 17.1. The summed E-state index contributed by atoms with van der Waals surface area (Å²) in [6, 6.07) is 57.2. The summed E-state index contributed by atoms with van der Waals surface area (Å²) in [5, 5.41) is 10.5. The average molecular weight is 655 g/mol. The summed E-state index contributed by atoms with van der Waals surface area (Å²) in [5.74, 6) is 1.51. The summed E-state index contributed by atoms with van der Waals surface area (Å²) in [7, 11) is 0. The lowest BCUT2D eigenvalue weighted by atomic mass is 9.90. The average Bonchev–Trinajstić information content (AvgIpc) is 3.60. The molecular formula is C46H30N4O. The van der Waals surface area contributed by atoms with E-state index in [0.717, 1.165) is 55.6 Å². The van der Waals surface area contributed by atoms with Crippen LogP contribution in [0, 0.1) is 0 Å². The van der Waals surface area contributed by atoms with Gasteiger partial charge in [0.2, 0.25) is 5.71 Å². The Kier molecular flexibility index (Phi) is 6.81. The molecule has 1 aliphatic rings. The Labute approximate surface area is 294 Å². The Morgan fingerprint density at radius 1 is 0.510 bits per heavy atom. The Bertz CT molecular complexity index is 2830. The third-order valence-electron chi connectivity index (χ3n) is 9.82. The number of nitrogens with zero attached hydrogens (tertiary/aromatic N) is 3. The van der Waals surface area contributed by atoms with Crippen LogP contribution in [0.25, 0.3) is 65.9 Å². The summed E-state index contributed by atoms with van der Waals surface area (Å²) in [6.07, 6.45) is 1.50. The number of amidine groups is 2. The van der Waals surface area contributed by atoms with Crippen molar-refractivity contribution in [2.45, 2.75) is 6.17 Å². The molecule has 0 radical (unpaired) electrons. The van der Waals surface area contributed by atoms with Gasteiger partial charge >= 0.3 is 0 Å². The maximum Gasteiger partial charge on any atom is 0.227 e. The van der Waals surface area contributed by atoms with Crippen LogP contribution in [-0.4, -0.2) is 16.7 Å². The van der Waals surface area contributed by atoms with Gasteiger partial charge in [0.25, 0.3) is 0 Å². The Hall–Kier alpha value is -6.85. The summed E-state index contributed by atoms with van der Waals surface area (Å²) in [6.45, 7) is 0. The van der Waals surface area contributed by atoms with Gasteiger partial charge in [0.15, 0.2) is 5.84 Å². The number of pyridine rings is 1. The minimum Gasteiger partial charge on any atom is -0.438 e. The standard InChI is InChI=1S/C46H30N4O/c1-2-11-31(12-3-1)43-48-44(50-45(49-43)34-24-19-29-10-4-5-13-33(29)28-34)32-22-20-30(21-23-32)35-25-26-38(37-15-7-6-14-36(35)37)39-16-8-18-41-42(39)40-17-9-27-47-46(40)51-41/h1-28,45H,(H,48,49,50). The van der Waals surface area contributed by atoms with Crippen LogP contribution in [0.5, 0.6) is 0 Å². The first-order valence-electron chi connectivity index (χ1n) is 17.1. The van der Waals surface area contributed by atoms with Gasteiger partial charge < -0.3 is 9.73 Å². The van der Waals surface area contributed by atoms with Crippen molar-refractivity contribution in [3.8, 4) is 22.3 Å². The largest absolute Gasteiger partial charge is 0.438 e. The highest BCUT2D eigenvalue weighted by atomic mass is 16.3. The van der Waals surface area contributed by atoms with E-state index in [2.05, 4.69) is 144 Å². The molecule has 0 amide bonds. The second-order valence-electron chi connectivity index (χ2n) is 12.9. The third-order valence-corrected chi connectivity index (χ3v) is 9.82. The van der Waals surface area contributed by atoms with Crippen molar-refractivity contribution in [2.24, 2.45) is 9.98 Å². The zero-order valence-electron chi connectivity index (χ0n) is 27.5. The molecule has 5 heteroatoms. The van der Waals surface area contributed by atoms with Crippen molar-refractivity contribution in [3.05, 3.63) is 187 Å². The van der Waals surface area contributed by atoms with Crippen molar-refractivity contribution in [3.63, 3.8) is 0 Å². The van der Waals surface area contributed by atoms with E-state index in [4.69, 9.17) is 14.4 Å². The fourth-order valence-corrected chi connectivity index (χ4v) is 7.34. The molecule has 10 rings (SSSR count). The van der Waals surface area contributed by atoms with Crippen molar-refractivity contribution in [1.29, 1.82) is 0 Å². The molecule has 51 heavy (non-hydrogen) atoms. The molecule has 240 valence electrons. The van der Waals surface area contributed by atoms with E-state index in [1.807, 2.05) is 30.3 Å². The van der Waals surface area contributed by atoms with Crippen LogP contribution in [0.4, 0.5) is 0 Å². The normalized spacial score (nSPS) is 14.5. The van der Waals surface area contributed by atoms with Gasteiger partial charge in [0.1, 0.15) is 17.6 Å². The van der Waals surface area contributed by atoms with Crippen LogP contribution in [0.2, 0.25) is 0 Å². The summed E-state index contributed by atoms with van der Waals surface area (Å²) in [5.41, 5.74) is 9.18. The van der Waals surface area contributed by atoms with Gasteiger partial charge in [-0.3, -0.25) is 0 Å². The molecule has 1 aliphatic heterocycles. The minimum absolute atomic E-state index is 0.277. The number of aromatic nitrogens is 1. The lowest BCUT2D eigenvalue weighted by Gasteiger charge is -2.24. The summed E-state index contributed by atoms with van der Waals surface area (Å²) >= 11 is 0. The smallest absolute Gasteiger partial charge is 0.227 e. The van der Waals surface area contributed by atoms with Crippen LogP contribution in [0.1, 0.15) is 22.9 Å². The minimum atomic E-state index is -0.277. The fourth-order valence-electron chi connectivity index (χ4n) is 7.34. The number of furan rings is 1. The van der Waals surface area contributed by atoms with Crippen molar-refractivity contribution in [2.75, 3.05) is 0 Å². The molecule has 0 saturated heterocycles. The number of rotatable bonds is 5. The van der Waals surface area contributed by atoms with Gasteiger partial charge in [0.05, 0.1) is 0 Å². The topological polar surface area (TPSA) is 62.8 Å². The number of fused-ring (bicyclic) bond motifs is 5. The predicted octanol–water partition coefficient (Wildman–Crippen LogP) is 11.1. The molecule has 3 heterocycles. The van der Waals surface area contributed by atoms with E-state index >= 15 is 0 Å². The molecular weight excluding hydrogens is 625 g/mol.